The second-order valence-electron chi connectivity index (χ2n) is 6.37. The van der Waals surface area contributed by atoms with E-state index in [1.54, 1.807) is 18.2 Å². The average Bonchev–Trinajstić information content (AvgIpc) is 3.08. The van der Waals surface area contributed by atoms with Gasteiger partial charge in [0.2, 0.25) is 5.91 Å². The Morgan fingerprint density at radius 3 is 2.54 bits per heavy atom. The quantitative estimate of drug-likeness (QED) is 0.670. The van der Waals surface area contributed by atoms with Crippen LogP contribution in [0.5, 0.6) is 0 Å². The van der Waals surface area contributed by atoms with Crippen molar-refractivity contribution in [3.63, 3.8) is 0 Å². The molecule has 0 heterocycles. The van der Waals surface area contributed by atoms with Crippen molar-refractivity contribution in [2.45, 2.75) is 45.1 Å². The molecule has 6 heteroatoms. The van der Waals surface area contributed by atoms with Gasteiger partial charge in [-0.25, -0.2) is 9.18 Å². The number of benzene rings is 1. The van der Waals surface area contributed by atoms with E-state index >= 15 is 0 Å². The molecule has 1 aliphatic rings. The molecule has 3 amide bonds. The molecule has 1 aromatic rings. The van der Waals surface area contributed by atoms with Crippen LogP contribution in [0.2, 0.25) is 0 Å². The Kier molecular flexibility index (Phi) is 7.03. The number of rotatable bonds is 7. The van der Waals surface area contributed by atoms with Crippen molar-refractivity contribution in [1.82, 2.24) is 16.0 Å². The van der Waals surface area contributed by atoms with Crippen LogP contribution in [-0.2, 0) is 11.2 Å². The van der Waals surface area contributed by atoms with E-state index in [0.29, 0.717) is 25.1 Å². The highest BCUT2D eigenvalue weighted by atomic mass is 19.1. The largest absolute Gasteiger partial charge is 0.354 e. The van der Waals surface area contributed by atoms with Gasteiger partial charge in [0.15, 0.2) is 0 Å². The summed E-state index contributed by atoms with van der Waals surface area (Å²) < 4.78 is 13.6. The van der Waals surface area contributed by atoms with E-state index in [4.69, 9.17) is 0 Å². The van der Waals surface area contributed by atoms with Gasteiger partial charge in [0.05, 0.1) is 0 Å². The molecule has 0 aliphatic heterocycles. The topological polar surface area (TPSA) is 70.2 Å². The Morgan fingerprint density at radius 2 is 1.83 bits per heavy atom. The van der Waals surface area contributed by atoms with Gasteiger partial charge in [0.1, 0.15) is 5.82 Å². The lowest BCUT2D eigenvalue weighted by atomic mass is 10.1. The van der Waals surface area contributed by atoms with Gasteiger partial charge in [0.25, 0.3) is 0 Å². The van der Waals surface area contributed by atoms with Crippen LogP contribution in [0, 0.1) is 11.7 Å². The Morgan fingerprint density at radius 1 is 1.17 bits per heavy atom. The fourth-order valence-electron chi connectivity index (χ4n) is 3.01. The van der Waals surface area contributed by atoms with E-state index in [1.165, 1.54) is 6.07 Å². The van der Waals surface area contributed by atoms with Crippen molar-refractivity contribution in [3.05, 3.63) is 35.6 Å². The molecule has 0 aromatic heterocycles. The number of hydrogen-bond donors (Lipinski definition) is 3. The van der Waals surface area contributed by atoms with E-state index in [0.717, 1.165) is 25.7 Å². The minimum absolute atomic E-state index is 0.0858. The fraction of sp³-hybridized carbons (Fsp3) is 0.556. The van der Waals surface area contributed by atoms with Gasteiger partial charge in [-0.2, -0.15) is 0 Å². The monoisotopic (exact) mass is 335 g/mol. The molecule has 5 nitrogen and oxygen atoms in total. The normalized spacial score (nSPS) is 15.8. The lowest BCUT2D eigenvalue weighted by Crippen LogP contribution is -2.44. The molecule has 0 saturated heterocycles. The second kappa shape index (κ2) is 9.25. The number of urea groups is 1. The van der Waals surface area contributed by atoms with E-state index in [1.807, 2.05) is 6.92 Å². The molecule has 2 rings (SSSR count). The first-order chi connectivity index (χ1) is 11.6. The predicted molar refractivity (Wildman–Crippen MR) is 91.1 cm³/mol. The highest BCUT2D eigenvalue weighted by Gasteiger charge is 2.21. The number of carbonyl (C=O) groups excluding carboxylic acids is 2. The van der Waals surface area contributed by atoms with Crippen LogP contribution < -0.4 is 16.0 Å². The molecule has 0 spiro atoms. The molecular weight excluding hydrogens is 309 g/mol. The first-order valence-corrected chi connectivity index (χ1v) is 8.61. The zero-order valence-corrected chi connectivity index (χ0v) is 14.1. The maximum atomic E-state index is 13.6. The van der Waals surface area contributed by atoms with Gasteiger partial charge in [0, 0.05) is 25.0 Å². The van der Waals surface area contributed by atoms with Crippen molar-refractivity contribution < 1.29 is 14.0 Å². The molecule has 1 aromatic carbocycles. The van der Waals surface area contributed by atoms with Gasteiger partial charge in [-0.1, -0.05) is 31.0 Å². The van der Waals surface area contributed by atoms with Crippen LogP contribution in [0.4, 0.5) is 9.18 Å². The van der Waals surface area contributed by atoms with E-state index < -0.39 is 0 Å². The van der Waals surface area contributed by atoms with E-state index in [-0.39, 0.29) is 29.7 Å². The van der Waals surface area contributed by atoms with Gasteiger partial charge < -0.3 is 16.0 Å². The summed E-state index contributed by atoms with van der Waals surface area (Å²) in [5, 5.41) is 8.32. The molecule has 1 saturated carbocycles. The standard InChI is InChI=1S/C18H26FN3O2/c1-13(12-15-8-4-5-9-16(15)19)22-18(24)21-11-10-20-17(23)14-6-2-3-7-14/h4-5,8-9,13-14H,2-3,6-7,10-12H2,1H3,(H,20,23)(H2,21,22,24)/t13-/m1/s1. The Balaban J connectivity index is 1.60. The number of halogens is 1. The van der Waals surface area contributed by atoms with Gasteiger partial charge in [-0.05, 0) is 37.8 Å². The Bertz CT molecular complexity index is 559. The lowest BCUT2D eigenvalue weighted by Gasteiger charge is -2.15. The third-order valence-electron chi connectivity index (χ3n) is 4.30. The number of carbonyl (C=O) groups is 2. The average molecular weight is 335 g/mol. The van der Waals surface area contributed by atoms with E-state index in [2.05, 4.69) is 16.0 Å². The van der Waals surface area contributed by atoms with Crippen LogP contribution in [0.15, 0.2) is 24.3 Å². The number of nitrogens with one attached hydrogen (secondary N) is 3. The fourth-order valence-corrected chi connectivity index (χ4v) is 3.01. The van der Waals surface area contributed by atoms with Crippen LogP contribution in [0.1, 0.15) is 38.2 Å². The highest BCUT2D eigenvalue weighted by Crippen LogP contribution is 2.24. The summed E-state index contributed by atoms with van der Waals surface area (Å²) in [7, 11) is 0. The zero-order chi connectivity index (χ0) is 17.4. The third-order valence-corrected chi connectivity index (χ3v) is 4.30. The summed E-state index contributed by atoms with van der Waals surface area (Å²) in [5.74, 6) is -0.0385. The zero-order valence-electron chi connectivity index (χ0n) is 14.1. The minimum atomic E-state index is -0.311. The summed E-state index contributed by atoms with van der Waals surface area (Å²) in [5.41, 5.74) is 0.578. The van der Waals surface area contributed by atoms with Crippen molar-refractivity contribution in [2.75, 3.05) is 13.1 Å². The predicted octanol–water partition coefficient (Wildman–Crippen LogP) is 2.36. The number of amides is 3. The minimum Gasteiger partial charge on any atom is -0.354 e. The summed E-state index contributed by atoms with van der Waals surface area (Å²) in [4.78, 5) is 23.6. The first-order valence-electron chi connectivity index (χ1n) is 8.61. The summed E-state index contributed by atoms with van der Waals surface area (Å²) in [6.45, 7) is 2.62. The summed E-state index contributed by atoms with van der Waals surface area (Å²) >= 11 is 0. The summed E-state index contributed by atoms with van der Waals surface area (Å²) in [6.07, 6.45) is 4.61. The smallest absolute Gasteiger partial charge is 0.315 e. The van der Waals surface area contributed by atoms with Crippen LogP contribution in [0.25, 0.3) is 0 Å². The van der Waals surface area contributed by atoms with Crippen molar-refractivity contribution in [3.8, 4) is 0 Å². The molecule has 1 aliphatic carbocycles. The Labute approximate surface area is 142 Å². The van der Waals surface area contributed by atoms with Crippen molar-refractivity contribution in [2.24, 2.45) is 5.92 Å². The van der Waals surface area contributed by atoms with Gasteiger partial charge in [-0.15, -0.1) is 0 Å². The molecule has 0 radical (unpaired) electrons. The maximum absolute atomic E-state index is 13.6. The molecule has 1 fully saturated rings. The lowest BCUT2D eigenvalue weighted by molar-refractivity contribution is -0.124. The van der Waals surface area contributed by atoms with Crippen molar-refractivity contribution >= 4 is 11.9 Å². The second-order valence-corrected chi connectivity index (χ2v) is 6.37. The molecule has 24 heavy (non-hydrogen) atoms. The van der Waals surface area contributed by atoms with Crippen LogP contribution >= 0.6 is 0 Å². The highest BCUT2D eigenvalue weighted by molar-refractivity contribution is 5.79. The van der Waals surface area contributed by atoms with Crippen LogP contribution in [0.3, 0.4) is 0 Å². The van der Waals surface area contributed by atoms with Gasteiger partial charge >= 0.3 is 6.03 Å². The molecular formula is C18H26FN3O2. The van der Waals surface area contributed by atoms with Crippen molar-refractivity contribution in [1.29, 1.82) is 0 Å². The van der Waals surface area contributed by atoms with Gasteiger partial charge in [-0.3, -0.25) is 4.79 Å². The first kappa shape index (κ1) is 18.2. The summed E-state index contributed by atoms with van der Waals surface area (Å²) in [6, 6.07) is 6.05. The number of hydrogen-bond acceptors (Lipinski definition) is 2. The molecule has 3 N–H and O–H groups in total. The molecule has 0 bridgehead atoms. The molecule has 0 unspecified atom stereocenters. The van der Waals surface area contributed by atoms with E-state index in [9.17, 15) is 14.0 Å². The Hall–Kier alpha value is -2.11. The third kappa shape index (κ3) is 5.83. The molecule has 132 valence electrons. The maximum Gasteiger partial charge on any atom is 0.315 e. The molecule has 1 atom stereocenters. The van der Waals surface area contributed by atoms with Crippen LogP contribution in [-0.4, -0.2) is 31.1 Å². The SMILES string of the molecule is C[C@H](Cc1ccccc1F)NC(=O)NCCNC(=O)C1CCCC1.